The van der Waals surface area contributed by atoms with Crippen molar-refractivity contribution < 1.29 is 9.90 Å². The molecule has 3 saturated heterocycles. The van der Waals surface area contributed by atoms with Gasteiger partial charge in [0, 0.05) is 25.2 Å². The molecule has 3 heterocycles. The lowest BCUT2D eigenvalue weighted by Gasteiger charge is -2.49. The summed E-state index contributed by atoms with van der Waals surface area (Å²) in [5, 5.41) is 12.9. The van der Waals surface area contributed by atoms with E-state index in [1.807, 2.05) is 0 Å². The molecule has 0 radical (unpaired) electrons. The highest BCUT2D eigenvalue weighted by atomic mass is 16.3. The van der Waals surface area contributed by atoms with E-state index in [2.05, 4.69) is 5.32 Å². The van der Waals surface area contributed by atoms with Crippen LogP contribution in [-0.4, -0.2) is 46.7 Å². The number of nitrogens with zero attached hydrogens (tertiary/aromatic N) is 1. The monoisotopic (exact) mass is 184 g/mol. The fraction of sp³-hybridized carbons (Fsp3) is 0.889. The SMILES string of the molecule is CC(C)(O)C(=O)N1CC2CC(C1)N2. The average Bonchev–Trinajstić information content (AvgIpc) is 2.00. The van der Waals surface area contributed by atoms with Crippen LogP contribution in [0.1, 0.15) is 20.3 Å². The number of hydrogen-bond acceptors (Lipinski definition) is 3. The first-order chi connectivity index (χ1) is 5.97. The van der Waals surface area contributed by atoms with Crippen LogP contribution in [0.25, 0.3) is 0 Å². The molecule has 0 spiro atoms. The number of aliphatic hydroxyl groups is 1. The summed E-state index contributed by atoms with van der Waals surface area (Å²) in [7, 11) is 0. The number of carbonyl (C=O) groups is 1. The second-order valence-corrected chi connectivity index (χ2v) is 4.57. The van der Waals surface area contributed by atoms with Gasteiger partial charge in [-0.1, -0.05) is 0 Å². The molecule has 4 heteroatoms. The summed E-state index contributed by atoms with van der Waals surface area (Å²) in [6, 6.07) is 0.926. The van der Waals surface area contributed by atoms with Crippen molar-refractivity contribution in [1.29, 1.82) is 0 Å². The van der Waals surface area contributed by atoms with Crippen LogP contribution >= 0.6 is 0 Å². The molecule has 3 rings (SSSR count). The summed E-state index contributed by atoms with van der Waals surface area (Å²) in [5.74, 6) is -0.149. The Hall–Kier alpha value is -0.610. The van der Waals surface area contributed by atoms with E-state index >= 15 is 0 Å². The smallest absolute Gasteiger partial charge is 0.254 e. The zero-order chi connectivity index (χ0) is 9.64. The van der Waals surface area contributed by atoms with Crippen molar-refractivity contribution in [3.05, 3.63) is 0 Å². The molecule has 3 fully saturated rings. The number of carbonyl (C=O) groups excluding carboxylic acids is 1. The summed E-state index contributed by atoms with van der Waals surface area (Å²) in [6.45, 7) is 4.59. The zero-order valence-electron chi connectivity index (χ0n) is 8.08. The third-order valence-electron chi connectivity index (χ3n) is 2.73. The van der Waals surface area contributed by atoms with Gasteiger partial charge in [-0.05, 0) is 20.3 Å². The minimum Gasteiger partial charge on any atom is -0.381 e. The van der Waals surface area contributed by atoms with Crippen molar-refractivity contribution in [2.75, 3.05) is 13.1 Å². The Morgan fingerprint density at radius 3 is 2.31 bits per heavy atom. The van der Waals surface area contributed by atoms with Gasteiger partial charge in [-0.25, -0.2) is 0 Å². The van der Waals surface area contributed by atoms with E-state index in [1.54, 1.807) is 18.7 Å². The van der Waals surface area contributed by atoms with Gasteiger partial charge >= 0.3 is 0 Å². The van der Waals surface area contributed by atoms with Crippen LogP contribution in [0.15, 0.2) is 0 Å². The Bertz CT molecular complexity index is 218. The van der Waals surface area contributed by atoms with Crippen molar-refractivity contribution in [1.82, 2.24) is 10.2 Å². The lowest BCUT2D eigenvalue weighted by atomic mass is 9.90. The Labute approximate surface area is 77.9 Å². The number of fused-ring (bicyclic) bond motifs is 2. The molecule has 3 aliphatic rings. The fourth-order valence-corrected chi connectivity index (χ4v) is 2.07. The third-order valence-corrected chi connectivity index (χ3v) is 2.73. The number of piperazine rings is 1. The summed E-state index contributed by atoms with van der Waals surface area (Å²) in [5.41, 5.74) is -1.22. The molecule has 74 valence electrons. The Kier molecular flexibility index (Phi) is 1.85. The number of nitrogens with one attached hydrogen (secondary N) is 1. The highest BCUT2D eigenvalue weighted by Crippen LogP contribution is 2.22. The second kappa shape index (κ2) is 2.69. The quantitative estimate of drug-likeness (QED) is 0.568. The maximum atomic E-state index is 11.6. The first-order valence-corrected chi connectivity index (χ1v) is 4.74. The van der Waals surface area contributed by atoms with Gasteiger partial charge in [0.2, 0.25) is 0 Å². The molecule has 2 atom stereocenters. The van der Waals surface area contributed by atoms with Gasteiger partial charge in [0.15, 0.2) is 0 Å². The maximum Gasteiger partial charge on any atom is 0.254 e. The third kappa shape index (κ3) is 1.56. The zero-order valence-corrected chi connectivity index (χ0v) is 8.08. The molecule has 0 aromatic heterocycles. The molecular formula is C9H16N2O2. The van der Waals surface area contributed by atoms with Crippen LogP contribution < -0.4 is 5.32 Å². The van der Waals surface area contributed by atoms with Gasteiger partial charge < -0.3 is 15.3 Å². The second-order valence-electron chi connectivity index (χ2n) is 4.57. The number of rotatable bonds is 1. The molecule has 4 nitrogen and oxygen atoms in total. The predicted molar refractivity (Wildman–Crippen MR) is 48.2 cm³/mol. The highest BCUT2D eigenvalue weighted by molar-refractivity contribution is 5.84. The number of piperidine rings is 1. The Balaban J connectivity index is 1.98. The van der Waals surface area contributed by atoms with E-state index in [1.165, 1.54) is 6.42 Å². The minimum absolute atomic E-state index is 0.149. The van der Waals surface area contributed by atoms with Crippen molar-refractivity contribution in [2.24, 2.45) is 0 Å². The Morgan fingerprint density at radius 1 is 1.46 bits per heavy atom. The van der Waals surface area contributed by atoms with E-state index < -0.39 is 5.60 Å². The highest BCUT2D eigenvalue weighted by Gasteiger charge is 2.41. The van der Waals surface area contributed by atoms with Crippen LogP contribution in [0, 0.1) is 0 Å². The molecule has 0 aliphatic carbocycles. The molecule has 1 amide bonds. The molecule has 0 saturated carbocycles. The molecule has 0 aromatic rings. The lowest BCUT2D eigenvalue weighted by molar-refractivity contribution is -0.152. The van der Waals surface area contributed by atoms with Gasteiger partial charge in [-0.15, -0.1) is 0 Å². The average molecular weight is 184 g/mol. The van der Waals surface area contributed by atoms with Crippen LogP contribution in [0.4, 0.5) is 0 Å². The van der Waals surface area contributed by atoms with Crippen molar-refractivity contribution in [3.63, 3.8) is 0 Å². The molecule has 3 aliphatic heterocycles. The normalized spacial score (nSPS) is 32.7. The van der Waals surface area contributed by atoms with Crippen LogP contribution in [-0.2, 0) is 4.79 Å². The summed E-state index contributed by atoms with van der Waals surface area (Å²) in [6.07, 6.45) is 1.18. The van der Waals surface area contributed by atoms with Crippen LogP contribution in [0.2, 0.25) is 0 Å². The topological polar surface area (TPSA) is 52.6 Å². The summed E-state index contributed by atoms with van der Waals surface area (Å²) < 4.78 is 0. The van der Waals surface area contributed by atoms with Gasteiger partial charge in [0.25, 0.3) is 5.91 Å². The van der Waals surface area contributed by atoms with Crippen molar-refractivity contribution >= 4 is 5.91 Å². The van der Waals surface area contributed by atoms with E-state index in [4.69, 9.17) is 0 Å². The van der Waals surface area contributed by atoms with E-state index in [-0.39, 0.29) is 5.91 Å². The number of hydrogen-bond donors (Lipinski definition) is 2. The van der Waals surface area contributed by atoms with Gasteiger partial charge in [-0.2, -0.15) is 0 Å². The summed E-state index contributed by atoms with van der Waals surface area (Å²) in [4.78, 5) is 13.4. The van der Waals surface area contributed by atoms with E-state index in [9.17, 15) is 9.90 Å². The van der Waals surface area contributed by atoms with Crippen LogP contribution in [0.3, 0.4) is 0 Å². The summed E-state index contributed by atoms with van der Waals surface area (Å²) >= 11 is 0. The van der Waals surface area contributed by atoms with Crippen molar-refractivity contribution in [3.8, 4) is 0 Å². The fourth-order valence-electron chi connectivity index (χ4n) is 2.07. The van der Waals surface area contributed by atoms with Gasteiger partial charge in [0.05, 0.1) is 0 Å². The van der Waals surface area contributed by atoms with Crippen LogP contribution in [0.5, 0.6) is 0 Å². The van der Waals surface area contributed by atoms with E-state index in [0.717, 1.165) is 13.1 Å². The van der Waals surface area contributed by atoms with Gasteiger partial charge in [-0.3, -0.25) is 4.79 Å². The molecular weight excluding hydrogens is 168 g/mol. The molecule has 2 unspecified atom stereocenters. The van der Waals surface area contributed by atoms with E-state index in [0.29, 0.717) is 12.1 Å². The lowest BCUT2D eigenvalue weighted by Crippen LogP contribution is -2.69. The molecule has 0 aromatic carbocycles. The number of amides is 1. The molecule has 13 heavy (non-hydrogen) atoms. The molecule has 2 N–H and O–H groups in total. The largest absolute Gasteiger partial charge is 0.381 e. The minimum atomic E-state index is -1.22. The molecule has 2 bridgehead atoms. The first-order valence-electron chi connectivity index (χ1n) is 4.74. The van der Waals surface area contributed by atoms with Crippen molar-refractivity contribution in [2.45, 2.75) is 38.0 Å². The standard InChI is InChI=1S/C9H16N2O2/c1-9(2,13)8(12)11-4-6-3-7(5-11)10-6/h6-7,10,13H,3-5H2,1-2H3. The Morgan fingerprint density at radius 2 is 1.92 bits per heavy atom. The van der Waals surface area contributed by atoms with Gasteiger partial charge in [0.1, 0.15) is 5.60 Å². The first kappa shape index (κ1) is 8.97. The predicted octanol–water partition coefficient (Wildman–Crippen LogP) is -0.670. The maximum absolute atomic E-state index is 11.6.